The first-order valence-corrected chi connectivity index (χ1v) is 8.63. The first-order chi connectivity index (χ1) is 10.9. The molecule has 23 heavy (non-hydrogen) atoms. The Bertz CT molecular complexity index is 525. The van der Waals surface area contributed by atoms with Gasteiger partial charge >= 0.3 is 0 Å². The molecule has 128 valence electrons. The van der Waals surface area contributed by atoms with Crippen LogP contribution in [0.25, 0.3) is 0 Å². The molecule has 2 N–H and O–H groups in total. The topological polar surface area (TPSA) is 52.6 Å². The molecule has 0 saturated carbocycles. The Morgan fingerprint density at radius 1 is 1.26 bits per heavy atom. The smallest absolute Gasteiger partial charge is 0.251 e. The number of aryl methyl sites for hydroxylation is 3. The standard InChI is InChI=1S/C19H30N2O2/c1-13-5-7-21(8-6-13)12-17(22)11-20-19(23)18-15(3)9-14(2)10-16(18)4/h9-10,13,17,22H,5-8,11-12H2,1-4H3,(H,20,23). The van der Waals surface area contributed by atoms with E-state index in [1.165, 1.54) is 12.8 Å². The second-order valence-electron chi connectivity index (χ2n) is 7.12. The van der Waals surface area contributed by atoms with E-state index in [0.717, 1.165) is 41.3 Å². The van der Waals surface area contributed by atoms with Crippen LogP contribution in [-0.2, 0) is 0 Å². The van der Waals surface area contributed by atoms with Crippen molar-refractivity contribution in [3.05, 3.63) is 34.4 Å². The van der Waals surface area contributed by atoms with Gasteiger partial charge in [0.15, 0.2) is 0 Å². The maximum Gasteiger partial charge on any atom is 0.251 e. The number of rotatable bonds is 5. The molecule has 1 heterocycles. The Hall–Kier alpha value is -1.39. The molecule has 2 rings (SSSR count). The molecule has 1 aliphatic heterocycles. The third kappa shape index (κ3) is 5.05. The van der Waals surface area contributed by atoms with Crippen LogP contribution in [0.2, 0.25) is 0 Å². The van der Waals surface area contributed by atoms with Crippen LogP contribution in [0, 0.1) is 26.7 Å². The minimum atomic E-state index is -0.515. The Morgan fingerprint density at radius 3 is 2.39 bits per heavy atom. The molecule has 0 bridgehead atoms. The first kappa shape index (κ1) is 18.0. The van der Waals surface area contributed by atoms with E-state index in [0.29, 0.717) is 13.1 Å². The van der Waals surface area contributed by atoms with Crippen molar-refractivity contribution >= 4 is 5.91 Å². The Balaban J connectivity index is 1.84. The molecular formula is C19H30N2O2. The predicted molar refractivity (Wildman–Crippen MR) is 93.8 cm³/mol. The van der Waals surface area contributed by atoms with Crippen molar-refractivity contribution in [3.8, 4) is 0 Å². The van der Waals surface area contributed by atoms with E-state index in [9.17, 15) is 9.90 Å². The molecule has 1 saturated heterocycles. The fourth-order valence-corrected chi connectivity index (χ4v) is 3.44. The molecule has 4 heteroatoms. The number of aliphatic hydroxyl groups is 1. The molecule has 0 spiro atoms. The molecular weight excluding hydrogens is 288 g/mol. The Morgan fingerprint density at radius 2 is 1.83 bits per heavy atom. The van der Waals surface area contributed by atoms with E-state index >= 15 is 0 Å². The van der Waals surface area contributed by atoms with Crippen molar-refractivity contribution in [2.24, 2.45) is 5.92 Å². The summed E-state index contributed by atoms with van der Waals surface area (Å²) in [7, 11) is 0. The van der Waals surface area contributed by atoms with E-state index in [1.807, 2.05) is 32.9 Å². The molecule has 1 atom stereocenters. The zero-order chi connectivity index (χ0) is 17.0. The Kier molecular flexibility index (Phi) is 6.19. The van der Waals surface area contributed by atoms with Gasteiger partial charge in [0, 0.05) is 18.7 Å². The van der Waals surface area contributed by atoms with Gasteiger partial charge in [-0.15, -0.1) is 0 Å². The number of β-amino-alcohol motifs (C(OH)–C–C–N with tert-alkyl or cyclic N) is 1. The van der Waals surface area contributed by atoms with Gasteiger partial charge in [0.25, 0.3) is 5.91 Å². The quantitative estimate of drug-likeness (QED) is 0.877. The van der Waals surface area contributed by atoms with Crippen molar-refractivity contribution < 1.29 is 9.90 Å². The number of carbonyl (C=O) groups is 1. The molecule has 1 aromatic rings. The normalized spacial score (nSPS) is 18.0. The van der Waals surface area contributed by atoms with Crippen LogP contribution in [0.1, 0.15) is 46.8 Å². The lowest BCUT2D eigenvalue weighted by atomic mass is 9.99. The van der Waals surface area contributed by atoms with Crippen molar-refractivity contribution in [1.82, 2.24) is 10.2 Å². The van der Waals surface area contributed by atoms with Gasteiger partial charge in [-0.25, -0.2) is 0 Å². The molecule has 1 unspecified atom stereocenters. The molecule has 1 aromatic carbocycles. The summed E-state index contributed by atoms with van der Waals surface area (Å²) in [6, 6.07) is 4.04. The molecule has 1 aliphatic rings. The van der Waals surface area contributed by atoms with Crippen LogP contribution in [-0.4, -0.2) is 48.2 Å². The number of amides is 1. The van der Waals surface area contributed by atoms with Gasteiger partial charge in [-0.1, -0.05) is 24.6 Å². The van der Waals surface area contributed by atoms with Gasteiger partial charge in [0.1, 0.15) is 0 Å². The summed E-state index contributed by atoms with van der Waals surface area (Å²) in [5, 5.41) is 13.1. The van der Waals surface area contributed by atoms with Crippen molar-refractivity contribution in [1.29, 1.82) is 0 Å². The fraction of sp³-hybridized carbons (Fsp3) is 0.632. The van der Waals surface area contributed by atoms with Gasteiger partial charge in [-0.05, 0) is 63.7 Å². The zero-order valence-corrected chi connectivity index (χ0v) is 14.9. The highest BCUT2D eigenvalue weighted by atomic mass is 16.3. The highest BCUT2D eigenvalue weighted by Gasteiger charge is 2.19. The van der Waals surface area contributed by atoms with Gasteiger partial charge in [-0.3, -0.25) is 4.79 Å². The van der Waals surface area contributed by atoms with Crippen molar-refractivity contribution in [2.45, 2.75) is 46.6 Å². The van der Waals surface area contributed by atoms with Crippen LogP contribution >= 0.6 is 0 Å². The number of carbonyl (C=O) groups excluding carboxylic acids is 1. The lowest BCUT2D eigenvalue weighted by Crippen LogP contribution is -2.43. The number of likely N-dealkylation sites (tertiary alicyclic amines) is 1. The largest absolute Gasteiger partial charge is 0.390 e. The van der Waals surface area contributed by atoms with E-state index < -0.39 is 6.10 Å². The number of benzene rings is 1. The van der Waals surface area contributed by atoms with Crippen LogP contribution in [0.5, 0.6) is 0 Å². The fourth-order valence-electron chi connectivity index (χ4n) is 3.44. The number of piperidine rings is 1. The van der Waals surface area contributed by atoms with Gasteiger partial charge < -0.3 is 15.3 Å². The Labute approximate surface area is 139 Å². The van der Waals surface area contributed by atoms with Crippen LogP contribution < -0.4 is 5.32 Å². The predicted octanol–water partition coefficient (Wildman–Crippen LogP) is 2.43. The number of nitrogens with zero attached hydrogens (tertiary/aromatic N) is 1. The third-order valence-electron chi connectivity index (χ3n) is 4.75. The summed E-state index contributed by atoms with van der Waals surface area (Å²) >= 11 is 0. The van der Waals surface area contributed by atoms with E-state index in [-0.39, 0.29) is 5.91 Å². The number of hydrogen-bond acceptors (Lipinski definition) is 3. The number of hydrogen-bond donors (Lipinski definition) is 2. The van der Waals surface area contributed by atoms with Crippen LogP contribution in [0.4, 0.5) is 0 Å². The third-order valence-corrected chi connectivity index (χ3v) is 4.75. The number of nitrogens with one attached hydrogen (secondary N) is 1. The summed E-state index contributed by atoms with van der Waals surface area (Å²) in [6.07, 6.45) is 1.88. The van der Waals surface area contributed by atoms with Gasteiger partial charge in [0.2, 0.25) is 0 Å². The average Bonchev–Trinajstić information content (AvgIpc) is 2.46. The molecule has 0 aromatic heterocycles. The molecule has 4 nitrogen and oxygen atoms in total. The lowest BCUT2D eigenvalue weighted by molar-refractivity contribution is 0.0794. The highest BCUT2D eigenvalue weighted by Crippen LogP contribution is 2.17. The SMILES string of the molecule is Cc1cc(C)c(C(=O)NCC(O)CN2CCC(C)CC2)c(C)c1. The van der Waals surface area contributed by atoms with E-state index in [4.69, 9.17) is 0 Å². The zero-order valence-electron chi connectivity index (χ0n) is 14.9. The van der Waals surface area contributed by atoms with E-state index in [2.05, 4.69) is 17.1 Å². The number of aliphatic hydroxyl groups excluding tert-OH is 1. The van der Waals surface area contributed by atoms with Crippen molar-refractivity contribution in [3.63, 3.8) is 0 Å². The summed E-state index contributed by atoms with van der Waals surface area (Å²) < 4.78 is 0. The lowest BCUT2D eigenvalue weighted by Gasteiger charge is -2.31. The average molecular weight is 318 g/mol. The van der Waals surface area contributed by atoms with Crippen molar-refractivity contribution in [2.75, 3.05) is 26.2 Å². The van der Waals surface area contributed by atoms with Crippen LogP contribution in [0.15, 0.2) is 12.1 Å². The summed E-state index contributed by atoms with van der Waals surface area (Å²) in [4.78, 5) is 14.7. The van der Waals surface area contributed by atoms with Gasteiger partial charge in [-0.2, -0.15) is 0 Å². The second kappa shape index (κ2) is 7.93. The maximum absolute atomic E-state index is 12.4. The molecule has 0 radical (unpaired) electrons. The summed E-state index contributed by atoms with van der Waals surface area (Å²) in [6.45, 7) is 11.3. The first-order valence-electron chi connectivity index (χ1n) is 8.63. The van der Waals surface area contributed by atoms with Crippen LogP contribution in [0.3, 0.4) is 0 Å². The second-order valence-corrected chi connectivity index (χ2v) is 7.12. The van der Waals surface area contributed by atoms with Gasteiger partial charge in [0.05, 0.1) is 6.10 Å². The minimum Gasteiger partial charge on any atom is -0.390 e. The molecule has 1 fully saturated rings. The summed E-state index contributed by atoms with van der Waals surface area (Å²) in [5.74, 6) is 0.696. The summed E-state index contributed by atoms with van der Waals surface area (Å²) in [5.41, 5.74) is 3.87. The highest BCUT2D eigenvalue weighted by molar-refractivity contribution is 5.97. The maximum atomic E-state index is 12.4. The minimum absolute atomic E-state index is 0.0914. The molecule has 0 aliphatic carbocycles. The van der Waals surface area contributed by atoms with E-state index in [1.54, 1.807) is 0 Å². The molecule has 1 amide bonds. The monoisotopic (exact) mass is 318 g/mol.